The molecule has 36 heavy (non-hydrogen) atoms. The number of ether oxygens (including phenoxy) is 3. The van der Waals surface area contributed by atoms with Crippen molar-refractivity contribution in [3.8, 4) is 5.75 Å². The van der Waals surface area contributed by atoms with Gasteiger partial charge in [-0.1, -0.05) is 6.07 Å². The van der Waals surface area contributed by atoms with Gasteiger partial charge in [-0.2, -0.15) is 0 Å². The van der Waals surface area contributed by atoms with E-state index in [1.165, 1.54) is 30.5 Å². The molecule has 0 aliphatic carbocycles. The molecule has 8 nitrogen and oxygen atoms in total. The number of benzene rings is 3. The number of aryl methyl sites for hydroxylation is 1. The van der Waals surface area contributed by atoms with E-state index in [4.69, 9.17) is 14.2 Å². The maximum absolute atomic E-state index is 14.0. The van der Waals surface area contributed by atoms with E-state index in [1.807, 2.05) is 0 Å². The molecule has 1 aliphatic heterocycles. The molecule has 186 valence electrons. The number of hydrogen-bond donors (Lipinski definition) is 1. The van der Waals surface area contributed by atoms with E-state index in [0.29, 0.717) is 23.1 Å². The minimum atomic E-state index is -0.862. The van der Waals surface area contributed by atoms with Crippen LogP contribution in [-0.2, 0) is 9.47 Å². The number of rotatable bonds is 8. The zero-order chi connectivity index (χ0) is 26.0. The summed E-state index contributed by atoms with van der Waals surface area (Å²) < 4.78 is 43.8. The quantitative estimate of drug-likeness (QED) is 0.226. The van der Waals surface area contributed by atoms with Gasteiger partial charge in [0.2, 0.25) is 5.79 Å². The molecule has 4 rings (SSSR count). The first kappa shape index (κ1) is 24.6. The Morgan fingerprint density at radius 3 is 2.53 bits per heavy atom. The van der Waals surface area contributed by atoms with E-state index in [0.717, 1.165) is 12.1 Å². The van der Waals surface area contributed by atoms with Gasteiger partial charge < -0.3 is 19.5 Å². The predicted octanol–water partition coefficient (Wildman–Crippen LogP) is 6.16. The number of anilines is 2. The normalized spacial score (nSPS) is 13.9. The summed E-state index contributed by atoms with van der Waals surface area (Å²) in [6.45, 7) is 5.28. The van der Waals surface area contributed by atoms with Crippen LogP contribution in [0.2, 0.25) is 0 Å². The second-order valence-corrected chi connectivity index (χ2v) is 8.54. The minimum absolute atomic E-state index is 0.0689. The molecule has 0 aromatic heterocycles. The van der Waals surface area contributed by atoms with Crippen molar-refractivity contribution >= 4 is 22.8 Å². The fraction of sp³-hybridized carbons (Fsp3) is 0.192. The molecule has 0 amide bonds. The van der Waals surface area contributed by atoms with Crippen molar-refractivity contribution < 1.29 is 32.7 Å². The van der Waals surface area contributed by atoms with Crippen molar-refractivity contribution in [3.63, 3.8) is 0 Å². The Morgan fingerprint density at radius 1 is 1.08 bits per heavy atom. The van der Waals surface area contributed by atoms with E-state index >= 15 is 0 Å². The van der Waals surface area contributed by atoms with Crippen molar-refractivity contribution in [2.24, 2.45) is 0 Å². The molecule has 3 aromatic rings. The fourth-order valence-electron chi connectivity index (χ4n) is 3.57. The number of nitro groups is 1. The molecule has 0 radical (unpaired) electrons. The summed E-state index contributed by atoms with van der Waals surface area (Å²) in [5.41, 5.74) is 0.287. The molecule has 1 heterocycles. The number of hydrogen-bond acceptors (Lipinski definition) is 7. The van der Waals surface area contributed by atoms with Crippen molar-refractivity contribution in [1.29, 1.82) is 0 Å². The maximum Gasteiger partial charge on any atom is 0.282 e. The summed E-state index contributed by atoms with van der Waals surface area (Å²) in [6, 6.07) is 11.6. The SMILES string of the molecule is Cc1ccc(OCC2=COC(C)(C)O2)cc1C(=O)c1ccc(Nc2ccc(F)cc2F)cc1[N+](=O)[O-]. The molecule has 0 bridgehead atoms. The number of nitrogens with zero attached hydrogens (tertiary/aromatic N) is 1. The second-order valence-electron chi connectivity index (χ2n) is 8.54. The van der Waals surface area contributed by atoms with Crippen molar-refractivity contribution in [2.75, 3.05) is 11.9 Å². The summed E-state index contributed by atoms with van der Waals surface area (Å²) in [6.07, 6.45) is 1.46. The molecule has 0 spiro atoms. The number of ketones is 1. The number of carbonyl (C=O) groups excluding carboxylic acids is 1. The van der Waals surface area contributed by atoms with Crippen LogP contribution in [0.5, 0.6) is 5.75 Å². The number of nitrogens with one attached hydrogen (secondary N) is 1. The van der Waals surface area contributed by atoms with Gasteiger partial charge in [0.25, 0.3) is 5.69 Å². The number of nitro benzene ring substituents is 1. The van der Waals surface area contributed by atoms with Crippen LogP contribution in [0.15, 0.2) is 66.6 Å². The molecular formula is C26H22F2N2O6. The van der Waals surface area contributed by atoms with Gasteiger partial charge in [-0.3, -0.25) is 14.9 Å². The highest BCUT2D eigenvalue weighted by molar-refractivity contribution is 6.12. The Morgan fingerprint density at radius 2 is 1.86 bits per heavy atom. The molecule has 0 atom stereocenters. The van der Waals surface area contributed by atoms with Crippen LogP contribution in [0.25, 0.3) is 0 Å². The molecule has 0 unspecified atom stereocenters. The predicted molar refractivity (Wildman–Crippen MR) is 127 cm³/mol. The lowest BCUT2D eigenvalue weighted by Gasteiger charge is -2.18. The molecule has 0 saturated carbocycles. The Hall–Kier alpha value is -4.47. The van der Waals surface area contributed by atoms with Gasteiger partial charge in [-0.25, -0.2) is 8.78 Å². The highest BCUT2D eigenvalue weighted by atomic mass is 19.1. The van der Waals surface area contributed by atoms with Crippen LogP contribution in [-0.4, -0.2) is 23.1 Å². The van der Waals surface area contributed by atoms with E-state index in [1.54, 1.807) is 32.9 Å². The smallest absolute Gasteiger partial charge is 0.282 e. The van der Waals surface area contributed by atoms with Gasteiger partial charge in [0, 0.05) is 37.2 Å². The van der Waals surface area contributed by atoms with E-state index in [2.05, 4.69) is 5.32 Å². The van der Waals surface area contributed by atoms with Crippen LogP contribution in [0.4, 0.5) is 25.8 Å². The average Bonchev–Trinajstić information content (AvgIpc) is 3.18. The van der Waals surface area contributed by atoms with Gasteiger partial charge >= 0.3 is 0 Å². The highest BCUT2D eigenvalue weighted by Gasteiger charge is 2.28. The van der Waals surface area contributed by atoms with E-state index in [9.17, 15) is 23.7 Å². The first-order chi connectivity index (χ1) is 17.0. The van der Waals surface area contributed by atoms with Crippen LogP contribution < -0.4 is 10.1 Å². The third kappa shape index (κ3) is 5.43. The molecule has 1 N–H and O–H groups in total. The van der Waals surface area contributed by atoms with Crippen LogP contribution >= 0.6 is 0 Å². The zero-order valence-electron chi connectivity index (χ0n) is 19.6. The van der Waals surface area contributed by atoms with Crippen molar-refractivity contribution in [2.45, 2.75) is 26.6 Å². The average molecular weight is 496 g/mol. The summed E-state index contributed by atoms with van der Waals surface area (Å²) in [5.74, 6) is -2.13. The molecular weight excluding hydrogens is 474 g/mol. The largest absolute Gasteiger partial charge is 0.486 e. The van der Waals surface area contributed by atoms with Gasteiger partial charge in [-0.15, -0.1) is 0 Å². The molecule has 10 heteroatoms. The lowest BCUT2D eigenvalue weighted by atomic mass is 9.97. The Bertz CT molecular complexity index is 1390. The fourth-order valence-corrected chi connectivity index (χ4v) is 3.57. The minimum Gasteiger partial charge on any atom is -0.486 e. The lowest BCUT2D eigenvalue weighted by Crippen LogP contribution is -2.21. The van der Waals surface area contributed by atoms with Crippen LogP contribution in [0.1, 0.15) is 35.3 Å². The number of carbonyl (C=O) groups is 1. The van der Waals surface area contributed by atoms with Crippen molar-refractivity contribution in [1.82, 2.24) is 0 Å². The zero-order valence-corrected chi connectivity index (χ0v) is 19.6. The van der Waals surface area contributed by atoms with E-state index in [-0.39, 0.29) is 29.1 Å². The lowest BCUT2D eigenvalue weighted by molar-refractivity contribution is -0.385. The second kappa shape index (κ2) is 9.65. The first-order valence-corrected chi connectivity index (χ1v) is 10.9. The Kier molecular flexibility index (Phi) is 6.61. The van der Waals surface area contributed by atoms with Crippen molar-refractivity contribution in [3.05, 3.63) is 105 Å². The monoisotopic (exact) mass is 496 g/mol. The standard InChI is InChI=1S/C26H22F2N2O6/c1-15-4-7-18(34-13-19-14-35-26(2,3)36-19)12-21(15)25(31)20-8-6-17(11-24(20)30(32)33)29-23-9-5-16(27)10-22(23)28/h4-12,14,29H,13H2,1-3H3. The molecule has 0 fully saturated rings. The summed E-state index contributed by atoms with van der Waals surface area (Å²) in [4.78, 5) is 24.4. The first-order valence-electron chi connectivity index (χ1n) is 10.9. The molecule has 3 aromatic carbocycles. The topological polar surface area (TPSA) is 99.9 Å². The molecule has 0 saturated heterocycles. The molecule has 1 aliphatic rings. The third-order valence-corrected chi connectivity index (χ3v) is 5.34. The Labute approximate surface area is 205 Å². The Balaban J connectivity index is 1.57. The third-order valence-electron chi connectivity index (χ3n) is 5.34. The highest BCUT2D eigenvalue weighted by Crippen LogP contribution is 2.31. The maximum atomic E-state index is 14.0. The van der Waals surface area contributed by atoms with Gasteiger partial charge in [0.15, 0.2) is 11.5 Å². The van der Waals surface area contributed by atoms with E-state index < -0.39 is 33.8 Å². The summed E-state index contributed by atoms with van der Waals surface area (Å²) in [7, 11) is 0. The summed E-state index contributed by atoms with van der Waals surface area (Å²) >= 11 is 0. The van der Waals surface area contributed by atoms with Gasteiger partial charge in [-0.05, 0) is 48.9 Å². The van der Waals surface area contributed by atoms with Gasteiger partial charge in [0.05, 0.1) is 10.6 Å². The van der Waals surface area contributed by atoms with Gasteiger partial charge in [0.1, 0.15) is 35.8 Å². The number of halogens is 2. The van der Waals surface area contributed by atoms with Crippen LogP contribution in [0.3, 0.4) is 0 Å². The summed E-state index contributed by atoms with van der Waals surface area (Å²) in [5, 5.41) is 14.4. The van der Waals surface area contributed by atoms with Crippen LogP contribution in [0, 0.1) is 28.7 Å².